The molecule has 0 fully saturated rings. The average Bonchev–Trinajstić information content (AvgIpc) is 2.86. The topological polar surface area (TPSA) is 72.1 Å². The molecule has 0 atom stereocenters. The summed E-state index contributed by atoms with van der Waals surface area (Å²) in [7, 11) is 3.46. The third kappa shape index (κ3) is 3.29. The van der Waals surface area contributed by atoms with E-state index >= 15 is 0 Å². The van der Waals surface area contributed by atoms with Crippen molar-refractivity contribution in [3.63, 3.8) is 0 Å². The van der Waals surface area contributed by atoms with Crippen molar-refractivity contribution >= 4 is 34.9 Å². The van der Waals surface area contributed by atoms with Gasteiger partial charge in [0.15, 0.2) is 4.34 Å². The van der Waals surface area contributed by atoms with Gasteiger partial charge in [-0.25, -0.2) is 4.98 Å². The van der Waals surface area contributed by atoms with E-state index in [0.717, 1.165) is 21.5 Å². The number of anilines is 1. The van der Waals surface area contributed by atoms with Crippen molar-refractivity contribution in [2.24, 2.45) is 0 Å². The Balaban J connectivity index is 2.34. The second kappa shape index (κ2) is 6.23. The van der Waals surface area contributed by atoms with Crippen molar-refractivity contribution in [1.29, 1.82) is 0 Å². The normalized spacial score (nSPS) is 10.6. The van der Waals surface area contributed by atoms with E-state index in [2.05, 4.69) is 9.36 Å². The molecule has 5 nitrogen and oxygen atoms in total. The number of hydrogen-bond donors (Lipinski definition) is 1. The zero-order valence-electron chi connectivity index (χ0n) is 11.6. The van der Waals surface area contributed by atoms with Crippen LogP contribution in [0.3, 0.4) is 0 Å². The third-order valence-corrected chi connectivity index (χ3v) is 4.45. The van der Waals surface area contributed by atoms with Gasteiger partial charge in [0.2, 0.25) is 0 Å². The summed E-state index contributed by atoms with van der Waals surface area (Å²) in [5.41, 5.74) is 7.07. The smallest absolute Gasteiger partial charge is 0.254 e. The fourth-order valence-electron chi connectivity index (χ4n) is 1.56. The first-order valence-electron chi connectivity index (χ1n) is 6.13. The molecule has 106 valence electrons. The Labute approximate surface area is 126 Å². The maximum absolute atomic E-state index is 12.2. The van der Waals surface area contributed by atoms with Gasteiger partial charge >= 0.3 is 0 Å². The Kier molecular flexibility index (Phi) is 4.61. The lowest BCUT2D eigenvalue weighted by Crippen LogP contribution is -2.22. The van der Waals surface area contributed by atoms with Gasteiger partial charge in [0, 0.05) is 31.1 Å². The van der Waals surface area contributed by atoms with Crippen molar-refractivity contribution in [3.05, 3.63) is 29.6 Å². The average molecular weight is 308 g/mol. The molecular formula is C13H16N4OS2. The molecule has 1 aromatic carbocycles. The van der Waals surface area contributed by atoms with Gasteiger partial charge in [-0.15, -0.1) is 0 Å². The summed E-state index contributed by atoms with van der Waals surface area (Å²) < 4.78 is 5.07. The quantitative estimate of drug-likeness (QED) is 0.879. The summed E-state index contributed by atoms with van der Waals surface area (Å²) in [5, 5.41) is 0. The summed E-state index contributed by atoms with van der Waals surface area (Å²) in [6, 6.07) is 5.29. The van der Waals surface area contributed by atoms with Crippen LogP contribution in [0.4, 0.5) is 5.69 Å². The van der Waals surface area contributed by atoms with E-state index in [4.69, 9.17) is 5.73 Å². The summed E-state index contributed by atoms with van der Waals surface area (Å²) in [6.07, 6.45) is 0.803. The third-order valence-electron chi connectivity index (χ3n) is 2.61. The van der Waals surface area contributed by atoms with Gasteiger partial charge in [-0.1, -0.05) is 18.7 Å². The number of aromatic nitrogens is 2. The SMILES string of the molecule is CCc1nsc(Sc2cc(N)ccc2C(=O)N(C)C)n1. The maximum Gasteiger partial charge on any atom is 0.254 e. The van der Waals surface area contributed by atoms with Gasteiger partial charge in [-0.05, 0) is 29.7 Å². The highest BCUT2D eigenvalue weighted by Gasteiger charge is 2.16. The van der Waals surface area contributed by atoms with Crippen LogP contribution in [-0.4, -0.2) is 34.3 Å². The number of nitrogen functional groups attached to an aromatic ring is 1. The minimum Gasteiger partial charge on any atom is -0.399 e. The molecule has 0 spiro atoms. The molecule has 7 heteroatoms. The number of nitrogens with zero attached hydrogens (tertiary/aromatic N) is 3. The lowest BCUT2D eigenvalue weighted by molar-refractivity contribution is 0.0824. The Morgan fingerprint density at radius 2 is 2.20 bits per heavy atom. The Bertz CT molecular complexity index is 625. The second-order valence-corrected chi connectivity index (χ2v) is 6.43. The van der Waals surface area contributed by atoms with Crippen molar-refractivity contribution in [1.82, 2.24) is 14.3 Å². The van der Waals surface area contributed by atoms with Crippen LogP contribution < -0.4 is 5.73 Å². The van der Waals surface area contributed by atoms with Crippen LogP contribution in [0.5, 0.6) is 0 Å². The van der Waals surface area contributed by atoms with Crippen LogP contribution in [0.25, 0.3) is 0 Å². The molecule has 0 aliphatic rings. The van der Waals surface area contributed by atoms with Crippen LogP contribution in [0.15, 0.2) is 27.4 Å². The number of carbonyl (C=O) groups is 1. The molecule has 20 heavy (non-hydrogen) atoms. The monoisotopic (exact) mass is 308 g/mol. The Hall–Kier alpha value is -1.60. The maximum atomic E-state index is 12.2. The van der Waals surface area contributed by atoms with Gasteiger partial charge in [0.1, 0.15) is 5.82 Å². The van der Waals surface area contributed by atoms with Gasteiger partial charge in [-0.3, -0.25) is 4.79 Å². The highest BCUT2D eigenvalue weighted by atomic mass is 32.2. The fraction of sp³-hybridized carbons (Fsp3) is 0.308. The van der Waals surface area contributed by atoms with Crippen LogP contribution in [0.2, 0.25) is 0 Å². The van der Waals surface area contributed by atoms with Gasteiger partial charge in [0.05, 0.1) is 5.56 Å². The summed E-state index contributed by atoms with van der Waals surface area (Å²) in [6.45, 7) is 2.01. The number of nitrogens with two attached hydrogens (primary N) is 1. The molecule has 2 aromatic rings. The van der Waals surface area contributed by atoms with E-state index in [1.807, 2.05) is 6.92 Å². The molecule has 1 heterocycles. The second-order valence-electron chi connectivity index (χ2n) is 4.39. The first-order valence-corrected chi connectivity index (χ1v) is 7.72. The molecular weight excluding hydrogens is 292 g/mol. The molecule has 1 amide bonds. The van der Waals surface area contributed by atoms with E-state index < -0.39 is 0 Å². The zero-order valence-corrected chi connectivity index (χ0v) is 13.2. The number of benzene rings is 1. The molecule has 2 N–H and O–H groups in total. The van der Waals surface area contributed by atoms with Crippen molar-refractivity contribution in [2.75, 3.05) is 19.8 Å². The zero-order chi connectivity index (χ0) is 14.7. The van der Waals surface area contributed by atoms with Gasteiger partial charge < -0.3 is 10.6 Å². The minimum atomic E-state index is -0.0484. The van der Waals surface area contributed by atoms with Crippen molar-refractivity contribution < 1.29 is 4.79 Å². The molecule has 0 saturated heterocycles. The van der Waals surface area contributed by atoms with E-state index in [-0.39, 0.29) is 5.91 Å². The largest absolute Gasteiger partial charge is 0.399 e. The van der Waals surface area contributed by atoms with E-state index in [1.165, 1.54) is 23.3 Å². The highest BCUT2D eigenvalue weighted by Crippen LogP contribution is 2.33. The Morgan fingerprint density at radius 1 is 1.45 bits per heavy atom. The molecule has 0 unspecified atom stereocenters. The van der Waals surface area contributed by atoms with Crippen molar-refractivity contribution in [2.45, 2.75) is 22.6 Å². The van der Waals surface area contributed by atoms with Crippen molar-refractivity contribution in [3.8, 4) is 0 Å². The standard InChI is InChI=1S/C13H16N4OS2/c1-4-11-15-13(20-16-11)19-10-7-8(14)5-6-9(10)12(18)17(2)3/h5-7H,4,14H2,1-3H3. The summed E-state index contributed by atoms with van der Waals surface area (Å²) in [4.78, 5) is 18.9. The van der Waals surface area contributed by atoms with Crippen LogP contribution in [0, 0.1) is 0 Å². The van der Waals surface area contributed by atoms with Gasteiger partial charge in [-0.2, -0.15) is 4.37 Å². The summed E-state index contributed by atoms with van der Waals surface area (Å²) >= 11 is 2.77. The van der Waals surface area contributed by atoms with Crippen LogP contribution in [0.1, 0.15) is 23.1 Å². The highest BCUT2D eigenvalue weighted by molar-refractivity contribution is 8.01. The first kappa shape index (κ1) is 14.8. The lowest BCUT2D eigenvalue weighted by Gasteiger charge is -2.13. The lowest BCUT2D eigenvalue weighted by atomic mass is 10.2. The number of aryl methyl sites for hydroxylation is 1. The number of carbonyl (C=O) groups excluding carboxylic acids is 1. The first-order chi connectivity index (χ1) is 9.51. The van der Waals surface area contributed by atoms with Gasteiger partial charge in [0.25, 0.3) is 5.91 Å². The van der Waals surface area contributed by atoms with Crippen LogP contribution >= 0.6 is 23.3 Å². The van der Waals surface area contributed by atoms with E-state index in [1.54, 1.807) is 37.2 Å². The number of amides is 1. The summed E-state index contributed by atoms with van der Waals surface area (Å²) in [5.74, 6) is 0.773. The molecule has 1 aromatic heterocycles. The predicted octanol–water partition coefficient (Wildman–Crippen LogP) is 2.54. The molecule has 0 aliphatic carbocycles. The molecule has 0 bridgehead atoms. The number of rotatable bonds is 4. The molecule has 2 rings (SSSR count). The predicted molar refractivity (Wildman–Crippen MR) is 82.3 cm³/mol. The van der Waals surface area contributed by atoms with Crippen LogP contribution in [-0.2, 0) is 6.42 Å². The molecule has 0 radical (unpaired) electrons. The minimum absolute atomic E-state index is 0.0484. The fourth-order valence-corrected chi connectivity index (χ4v) is 3.39. The Morgan fingerprint density at radius 3 is 2.80 bits per heavy atom. The van der Waals surface area contributed by atoms with E-state index in [9.17, 15) is 4.79 Å². The van der Waals surface area contributed by atoms with E-state index in [0.29, 0.717) is 11.3 Å². The molecule has 0 aliphatic heterocycles. The molecule has 0 saturated carbocycles. The number of hydrogen-bond acceptors (Lipinski definition) is 6.